The molecule has 4 heterocycles. The van der Waals surface area contributed by atoms with Crippen molar-refractivity contribution in [2.75, 3.05) is 31.1 Å². The van der Waals surface area contributed by atoms with Gasteiger partial charge in [-0.05, 0) is 84.0 Å². The molecule has 10 rings (SSSR count). The molecule has 10 nitrogen and oxygen atoms in total. The van der Waals surface area contributed by atoms with Crippen molar-refractivity contribution in [3.63, 3.8) is 0 Å². The number of ether oxygens (including phenoxy) is 3. The monoisotopic (exact) mass is 931 g/mol. The minimum atomic E-state index is -4.78. The first kappa shape index (κ1) is 44.2. The molecule has 1 N–H and O–H groups in total. The van der Waals surface area contributed by atoms with E-state index in [4.69, 9.17) is 45.8 Å². The molecule has 0 saturated heterocycles. The zero-order valence-electron chi connectivity index (χ0n) is 37.4. The van der Waals surface area contributed by atoms with Crippen LogP contribution >= 0.6 is 11.6 Å². The summed E-state index contributed by atoms with van der Waals surface area (Å²) in [5.74, 6) is 2.55. The van der Waals surface area contributed by atoms with Gasteiger partial charge in [0, 0.05) is 42.2 Å². The predicted molar refractivity (Wildman–Crippen MR) is 260 cm³/mol. The van der Waals surface area contributed by atoms with E-state index in [9.17, 15) is 0 Å². The van der Waals surface area contributed by atoms with E-state index in [2.05, 4.69) is 29.6 Å². The molecule has 0 saturated carbocycles. The zero-order valence-corrected chi connectivity index (χ0v) is 38.1. The predicted octanol–water partition coefficient (Wildman–Crippen LogP) is 12.5. The highest BCUT2D eigenvalue weighted by atomic mass is 35.5. The number of fused-ring (bicyclic) bond motifs is 1. The first-order valence-corrected chi connectivity index (χ1v) is 22.5. The average Bonchev–Trinajstić information content (AvgIpc) is 3.71. The molecule has 0 radical (unpaired) electrons. The molecule has 0 spiro atoms. The van der Waals surface area contributed by atoms with Crippen LogP contribution in [-0.2, 0) is 25.7 Å². The second kappa shape index (κ2) is 18.6. The van der Waals surface area contributed by atoms with Gasteiger partial charge in [0.05, 0.1) is 65.4 Å². The van der Waals surface area contributed by atoms with Gasteiger partial charge in [-0.15, -0.1) is 0 Å². The maximum absolute atomic E-state index is 15.4. The van der Waals surface area contributed by atoms with E-state index in [0.717, 1.165) is 57.6 Å². The summed E-state index contributed by atoms with van der Waals surface area (Å²) >= 11 is 7.33. The van der Waals surface area contributed by atoms with Gasteiger partial charge in [-0.25, -0.2) is 15.0 Å². The Balaban J connectivity index is 1.04. The van der Waals surface area contributed by atoms with Crippen LogP contribution < -0.4 is 24.4 Å². The minimum absolute atomic E-state index is 0.00862. The zero-order chi connectivity index (χ0) is 46.9. The molecule has 68 heavy (non-hydrogen) atoms. The average molecular weight is 932 g/mol. The molecule has 0 fully saturated rings. The van der Waals surface area contributed by atoms with E-state index >= 15 is 13.2 Å². The number of benzene rings is 5. The van der Waals surface area contributed by atoms with Crippen molar-refractivity contribution in [1.29, 1.82) is 0 Å². The molecule has 0 amide bonds. The van der Waals surface area contributed by atoms with Gasteiger partial charge in [-0.2, -0.15) is 13.2 Å². The SMILES string of the molecule is COc1ccc(CN(Cc2ccc(OC)cc2)c2cc(C)c(C(F)(F)F)c(-c3cc4c5c(c3Cl)NCN=C5N(C3CCc5c(N=C(c6ccccc6)c6ccccc6)cncc53)C=CO4)n2)cc1. The Morgan fingerprint density at radius 2 is 1.50 bits per heavy atom. The van der Waals surface area contributed by atoms with Crippen molar-refractivity contribution in [3.05, 3.63) is 201 Å². The highest BCUT2D eigenvalue weighted by Crippen LogP contribution is 2.50. The molecule has 2 aromatic heterocycles. The summed E-state index contributed by atoms with van der Waals surface area (Å²) in [7, 11) is 3.19. The number of amidine groups is 1. The molecule has 1 unspecified atom stereocenters. The van der Waals surface area contributed by atoms with Gasteiger partial charge in [0.25, 0.3) is 0 Å². The number of rotatable bonds is 12. The van der Waals surface area contributed by atoms with Crippen LogP contribution in [0.5, 0.6) is 17.2 Å². The number of alkyl halides is 3. The molecule has 2 aliphatic heterocycles. The minimum Gasteiger partial charge on any atom is -0.497 e. The van der Waals surface area contributed by atoms with E-state index in [1.54, 1.807) is 20.3 Å². The third-order valence-electron chi connectivity index (χ3n) is 12.5. The summed E-state index contributed by atoms with van der Waals surface area (Å²) in [4.78, 5) is 23.7. The molecule has 3 aliphatic rings. The van der Waals surface area contributed by atoms with Crippen molar-refractivity contribution < 1.29 is 27.4 Å². The second-order valence-electron chi connectivity index (χ2n) is 16.7. The van der Waals surface area contributed by atoms with Crippen molar-refractivity contribution in [3.8, 4) is 28.5 Å². The van der Waals surface area contributed by atoms with Crippen molar-refractivity contribution in [2.45, 2.75) is 45.1 Å². The number of halogens is 4. The van der Waals surface area contributed by atoms with Gasteiger partial charge in [0.2, 0.25) is 0 Å². The van der Waals surface area contributed by atoms with Crippen LogP contribution in [0.4, 0.5) is 30.4 Å². The van der Waals surface area contributed by atoms with Crippen LogP contribution in [0.2, 0.25) is 5.02 Å². The topological polar surface area (TPSA) is 96.7 Å². The lowest BCUT2D eigenvalue weighted by Crippen LogP contribution is -2.33. The summed E-state index contributed by atoms with van der Waals surface area (Å²) in [6.45, 7) is 2.23. The Bertz CT molecular complexity index is 3000. The first-order chi connectivity index (χ1) is 33.1. The van der Waals surface area contributed by atoms with Gasteiger partial charge in [0.1, 0.15) is 41.8 Å². The number of nitrogens with zero attached hydrogens (tertiary/aromatic N) is 6. The Labute approximate surface area is 397 Å². The van der Waals surface area contributed by atoms with Crippen LogP contribution in [0.3, 0.4) is 0 Å². The van der Waals surface area contributed by atoms with Crippen molar-refractivity contribution >= 4 is 40.3 Å². The molecular formula is C54H45ClF3N7O3. The van der Waals surface area contributed by atoms with Gasteiger partial charge in [-0.3, -0.25) is 4.98 Å². The van der Waals surface area contributed by atoms with Crippen LogP contribution in [0.15, 0.2) is 156 Å². The van der Waals surface area contributed by atoms with Gasteiger partial charge >= 0.3 is 6.18 Å². The van der Waals surface area contributed by atoms with E-state index < -0.39 is 11.7 Å². The molecular weight excluding hydrogens is 887 g/mol. The number of aliphatic imine (C=N–C) groups is 2. The van der Waals surface area contributed by atoms with Crippen LogP contribution in [0, 0.1) is 6.92 Å². The van der Waals surface area contributed by atoms with Gasteiger partial charge < -0.3 is 29.3 Å². The molecule has 1 atom stereocenters. The number of anilines is 2. The molecule has 14 heteroatoms. The molecule has 7 aromatic rings. The summed E-state index contributed by atoms with van der Waals surface area (Å²) in [5.41, 5.74) is 7.24. The summed E-state index contributed by atoms with van der Waals surface area (Å²) in [6, 6.07) is 38.1. The summed E-state index contributed by atoms with van der Waals surface area (Å²) in [6.07, 6.45) is 3.71. The lowest BCUT2D eigenvalue weighted by atomic mass is 9.96. The highest BCUT2D eigenvalue weighted by molar-refractivity contribution is 6.37. The largest absolute Gasteiger partial charge is 0.497 e. The number of methoxy groups -OCH3 is 2. The molecule has 1 aliphatic carbocycles. The Kier molecular flexibility index (Phi) is 12.1. The van der Waals surface area contributed by atoms with Gasteiger partial charge in [-0.1, -0.05) is 96.5 Å². The first-order valence-electron chi connectivity index (χ1n) is 22.1. The summed E-state index contributed by atoms with van der Waals surface area (Å²) in [5, 5.41) is 3.33. The fourth-order valence-electron chi connectivity index (χ4n) is 9.23. The van der Waals surface area contributed by atoms with Crippen molar-refractivity contribution in [1.82, 2.24) is 14.9 Å². The van der Waals surface area contributed by atoms with Crippen LogP contribution in [0.1, 0.15) is 62.5 Å². The lowest BCUT2D eigenvalue weighted by molar-refractivity contribution is -0.137. The third-order valence-corrected chi connectivity index (χ3v) is 12.9. The fourth-order valence-corrected chi connectivity index (χ4v) is 9.54. The quantitative estimate of drug-likeness (QED) is 0.121. The Hall–Kier alpha value is -7.64. The third kappa shape index (κ3) is 8.61. The van der Waals surface area contributed by atoms with Crippen LogP contribution in [-0.4, -0.2) is 47.3 Å². The number of aromatic nitrogens is 2. The van der Waals surface area contributed by atoms with E-state index in [-0.39, 0.29) is 40.3 Å². The maximum Gasteiger partial charge on any atom is 0.418 e. The Morgan fingerprint density at radius 1 is 0.868 bits per heavy atom. The molecule has 5 aromatic carbocycles. The normalized spacial score (nSPS) is 14.7. The standard InChI is InChI=1S/C54H45ClF3N7O3/c1-33-26-46(64(30-34-14-18-38(66-2)19-15-34)31-35-16-20-39(67-3)21-17-35)63-51(48(33)54(56,57)58)41-27-45-47-52(49(41)55)60-32-61-53(47)65(24-25-68-45)44-23-22-40-42(44)28-59-29-43(40)62-50(36-10-6-4-7-11-36)37-12-8-5-9-13-37/h4-21,24-29,44,60H,22-23,30-32H2,1-3H3. The summed E-state index contributed by atoms with van der Waals surface area (Å²) < 4.78 is 63.1. The second-order valence-corrected chi connectivity index (χ2v) is 17.0. The molecule has 342 valence electrons. The number of nitrogens with one attached hydrogen (secondary N) is 1. The number of hydrogen-bond acceptors (Lipinski definition) is 10. The number of pyridine rings is 2. The lowest BCUT2D eigenvalue weighted by Gasteiger charge is -2.32. The molecule has 0 bridgehead atoms. The van der Waals surface area contributed by atoms with Crippen LogP contribution in [0.25, 0.3) is 11.3 Å². The maximum atomic E-state index is 15.4. The number of hydrogen-bond donors (Lipinski definition) is 1. The van der Waals surface area contributed by atoms with E-state index in [0.29, 0.717) is 47.5 Å². The smallest absolute Gasteiger partial charge is 0.418 e. The fraction of sp³-hybridized carbons (Fsp3) is 0.185. The number of aryl methyl sites for hydroxylation is 1. The highest BCUT2D eigenvalue weighted by Gasteiger charge is 2.40. The van der Waals surface area contributed by atoms with E-state index in [1.807, 2.05) is 113 Å². The van der Waals surface area contributed by atoms with E-state index in [1.165, 1.54) is 19.3 Å². The Morgan fingerprint density at radius 3 is 2.10 bits per heavy atom. The van der Waals surface area contributed by atoms with Crippen molar-refractivity contribution in [2.24, 2.45) is 9.98 Å². The van der Waals surface area contributed by atoms with Gasteiger partial charge in [0.15, 0.2) is 0 Å².